The van der Waals surface area contributed by atoms with Crippen molar-refractivity contribution >= 4 is 51.6 Å². The molecule has 0 N–H and O–H groups in total. The molecule has 1 aromatic heterocycles. The number of aromatic nitrogens is 1. The Morgan fingerprint density at radius 1 is 0.931 bits per heavy atom. The molecule has 0 aliphatic carbocycles. The number of hydrogen-bond acceptors (Lipinski definition) is 3. The van der Waals surface area contributed by atoms with Crippen LogP contribution in [0, 0.1) is 10.1 Å². The molecule has 0 fully saturated rings. The molecule has 0 unspecified atom stereocenters. The maximum Gasteiger partial charge on any atom is 0.269 e. The van der Waals surface area contributed by atoms with E-state index in [2.05, 4.69) is 22.9 Å². The zero-order valence-electron chi connectivity index (χ0n) is 15.2. The third-order valence-corrected chi connectivity index (χ3v) is 6.48. The Morgan fingerprint density at radius 2 is 1.66 bits per heavy atom. The lowest BCUT2D eigenvalue weighted by atomic mass is 10.2. The van der Waals surface area contributed by atoms with E-state index in [4.69, 9.17) is 23.2 Å². The predicted octanol–water partition coefficient (Wildman–Crippen LogP) is 7.20. The quantitative estimate of drug-likeness (QED) is 0.180. The molecular weight excluding hydrogens is 427 g/mol. The lowest BCUT2D eigenvalue weighted by Gasteiger charge is -2.05. The summed E-state index contributed by atoms with van der Waals surface area (Å²) in [6, 6.07) is 20.6. The minimum atomic E-state index is -0.382. The van der Waals surface area contributed by atoms with Crippen molar-refractivity contribution in [2.24, 2.45) is 0 Å². The molecule has 4 rings (SSSR count). The van der Waals surface area contributed by atoms with Gasteiger partial charge in [-0.1, -0.05) is 59.6 Å². The van der Waals surface area contributed by atoms with Crippen LogP contribution in [0.1, 0.15) is 11.1 Å². The second kappa shape index (κ2) is 8.49. The van der Waals surface area contributed by atoms with Crippen molar-refractivity contribution in [2.75, 3.05) is 0 Å². The molecule has 7 heteroatoms. The van der Waals surface area contributed by atoms with Crippen LogP contribution in [-0.4, -0.2) is 9.49 Å². The number of non-ortho nitro benzene ring substituents is 1. The Labute approximate surface area is 182 Å². The monoisotopic (exact) mass is 442 g/mol. The third-order valence-electron chi connectivity index (χ3n) is 4.63. The predicted molar refractivity (Wildman–Crippen MR) is 120 cm³/mol. The summed E-state index contributed by atoms with van der Waals surface area (Å²) in [4.78, 5) is 11.7. The van der Waals surface area contributed by atoms with E-state index < -0.39 is 0 Å². The number of para-hydroxylation sites is 1. The Hall–Kier alpha value is -2.47. The van der Waals surface area contributed by atoms with E-state index in [1.54, 1.807) is 36.0 Å². The molecule has 0 saturated heterocycles. The van der Waals surface area contributed by atoms with E-state index in [1.165, 1.54) is 10.3 Å². The van der Waals surface area contributed by atoms with Crippen LogP contribution in [-0.2, 0) is 12.3 Å². The smallest absolute Gasteiger partial charge is 0.269 e. The summed E-state index contributed by atoms with van der Waals surface area (Å²) in [7, 11) is 0. The van der Waals surface area contributed by atoms with Gasteiger partial charge >= 0.3 is 0 Å². The van der Waals surface area contributed by atoms with Crippen molar-refractivity contribution in [2.45, 2.75) is 17.2 Å². The molecule has 0 spiro atoms. The lowest BCUT2D eigenvalue weighted by Crippen LogP contribution is -1.98. The van der Waals surface area contributed by atoms with Gasteiger partial charge in [0.05, 0.1) is 15.0 Å². The first-order valence-electron chi connectivity index (χ1n) is 8.89. The van der Waals surface area contributed by atoms with Gasteiger partial charge in [-0.15, -0.1) is 11.8 Å². The number of fused-ring (bicyclic) bond motifs is 1. The molecule has 4 aromatic rings. The van der Waals surface area contributed by atoms with Gasteiger partial charge in [-0.25, -0.2) is 0 Å². The molecule has 29 heavy (non-hydrogen) atoms. The van der Waals surface area contributed by atoms with Crippen LogP contribution in [0.25, 0.3) is 10.9 Å². The van der Waals surface area contributed by atoms with Crippen LogP contribution in [0.4, 0.5) is 5.69 Å². The summed E-state index contributed by atoms with van der Waals surface area (Å²) in [5.41, 5.74) is 3.35. The van der Waals surface area contributed by atoms with E-state index in [0.717, 1.165) is 22.4 Å². The first-order valence-corrected chi connectivity index (χ1v) is 10.6. The van der Waals surface area contributed by atoms with Gasteiger partial charge in [-0.2, -0.15) is 0 Å². The van der Waals surface area contributed by atoms with Gasteiger partial charge < -0.3 is 4.57 Å². The fourth-order valence-electron chi connectivity index (χ4n) is 3.17. The number of thioether (sulfide) groups is 1. The zero-order chi connectivity index (χ0) is 20.4. The second-order valence-electron chi connectivity index (χ2n) is 6.60. The SMILES string of the molecule is O=[N+]([O-])c1ccc(Cn2cc(SCc3ccc(Cl)c(Cl)c3)c3ccccc32)cc1. The molecule has 0 aliphatic heterocycles. The number of rotatable bonds is 6. The fourth-order valence-corrected chi connectivity index (χ4v) is 4.52. The highest BCUT2D eigenvalue weighted by Crippen LogP contribution is 2.34. The van der Waals surface area contributed by atoms with Gasteiger partial charge in [0.2, 0.25) is 0 Å². The molecule has 3 aromatic carbocycles. The minimum absolute atomic E-state index is 0.101. The molecule has 0 amide bonds. The standard InChI is InChI=1S/C22H16Cl2N2O2S/c23-19-10-7-16(11-20(19)24)14-29-22-13-25(21-4-2-1-3-18(21)22)12-15-5-8-17(9-6-15)26(27)28/h1-11,13H,12,14H2. The van der Waals surface area contributed by atoms with Gasteiger partial charge in [0.25, 0.3) is 5.69 Å². The molecule has 4 nitrogen and oxygen atoms in total. The van der Waals surface area contributed by atoms with E-state index in [-0.39, 0.29) is 10.6 Å². The van der Waals surface area contributed by atoms with E-state index in [1.807, 2.05) is 30.3 Å². The van der Waals surface area contributed by atoms with Gasteiger partial charge in [-0.05, 0) is 29.3 Å². The highest BCUT2D eigenvalue weighted by atomic mass is 35.5. The van der Waals surface area contributed by atoms with Gasteiger partial charge in [0.1, 0.15) is 0 Å². The summed E-state index contributed by atoms with van der Waals surface area (Å²) >= 11 is 13.9. The largest absolute Gasteiger partial charge is 0.342 e. The number of benzene rings is 3. The highest BCUT2D eigenvalue weighted by Gasteiger charge is 2.11. The highest BCUT2D eigenvalue weighted by molar-refractivity contribution is 7.98. The lowest BCUT2D eigenvalue weighted by molar-refractivity contribution is -0.384. The van der Waals surface area contributed by atoms with Crippen molar-refractivity contribution in [1.82, 2.24) is 4.57 Å². The summed E-state index contributed by atoms with van der Waals surface area (Å²) in [6.45, 7) is 0.645. The third kappa shape index (κ3) is 4.42. The number of nitro groups is 1. The number of nitro benzene ring substituents is 1. The van der Waals surface area contributed by atoms with Crippen LogP contribution in [0.15, 0.2) is 77.8 Å². The van der Waals surface area contributed by atoms with Crippen molar-refractivity contribution in [3.8, 4) is 0 Å². The van der Waals surface area contributed by atoms with Crippen molar-refractivity contribution in [1.29, 1.82) is 0 Å². The first kappa shape index (κ1) is 19.8. The van der Waals surface area contributed by atoms with E-state index >= 15 is 0 Å². The molecule has 0 saturated carbocycles. The van der Waals surface area contributed by atoms with Crippen LogP contribution in [0.5, 0.6) is 0 Å². The van der Waals surface area contributed by atoms with Crippen molar-refractivity contribution in [3.05, 3.63) is 104 Å². The zero-order valence-corrected chi connectivity index (χ0v) is 17.5. The fraction of sp³-hybridized carbons (Fsp3) is 0.0909. The van der Waals surface area contributed by atoms with Crippen molar-refractivity contribution < 1.29 is 4.92 Å². The summed E-state index contributed by atoms with van der Waals surface area (Å²) in [5.74, 6) is 0.780. The molecule has 0 radical (unpaired) electrons. The van der Waals surface area contributed by atoms with Gasteiger partial charge in [-0.3, -0.25) is 10.1 Å². The second-order valence-corrected chi connectivity index (χ2v) is 8.43. The Balaban J connectivity index is 1.59. The molecular formula is C22H16Cl2N2O2S. The normalized spacial score (nSPS) is 11.1. The van der Waals surface area contributed by atoms with Crippen LogP contribution >= 0.6 is 35.0 Å². The average Bonchev–Trinajstić information content (AvgIpc) is 3.07. The first-order chi connectivity index (χ1) is 14.0. The van der Waals surface area contributed by atoms with Crippen LogP contribution < -0.4 is 0 Å². The molecule has 0 bridgehead atoms. The summed E-state index contributed by atoms with van der Waals surface area (Å²) in [6.07, 6.45) is 2.13. The van der Waals surface area contributed by atoms with Gasteiger partial charge in [0.15, 0.2) is 0 Å². The van der Waals surface area contributed by atoms with E-state index in [0.29, 0.717) is 16.6 Å². The number of hydrogen-bond donors (Lipinski definition) is 0. The number of nitrogens with zero attached hydrogens (tertiary/aromatic N) is 2. The van der Waals surface area contributed by atoms with Gasteiger partial charge in [0, 0.05) is 46.4 Å². The topological polar surface area (TPSA) is 48.1 Å². The molecule has 146 valence electrons. The summed E-state index contributed by atoms with van der Waals surface area (Å²) in [5, 5.41) is 13.2. The Morgan fingerprint density at radius 3 is 2.38 bits per heavy atom. The average molecular weight is 443 g/mol. The molecule has 0 aliphatic rings. The molecule has 1 heterocycles. The maximum absolute atomic E-state index is 10.9. The number of halogens is 2. The van der Waals surface area contributed by atoms with Crippen molar-refractivity contribution in [3.63, 3.8) is 0 Å². The maximum atomic E-state index is 10.9. The summed E-state index contributed by atoms with van der Waals surface area (Å²) < 4.78 is 2.17. The van der Waals surface area contributed by atoms with Crippen LogP contribution in [0.3, 0.4) is 0 Å². The molecule has 0 atom stereocenters. The minimum Gasteiger partial charge on any atom is -0.342 e. The Bertz CT molecular complexity index is 1190. The van der Waals surface area contributed by atoms with Crippen LogP contribution in [0.2, 0.25) is 10.0 Å². The Kier molecular flexibility index (Phi) is 5.81. The van der Waals surface area contributed by atoms with E-state index in [9.17, 15) is 10.1 Å².